The molecular formula is C14H13N3OS. The Hall–Kier alpha value is -1.75. The second-order valence-corrected chi connectivity index (χ2v) is 5.87. The molecule has 1 aromatic rings. The van der Waals surface area contributed by atoms with Crippen molar-refractivity contribution in [1.29, 1.82) is 0 Å². The first-order valence-electron chi connectivity index (χ1n) is 6.38. The number of hydrogen-bond acceptors (Lipinski definition) is 4. The molecule has 3 aliphatic rings. The third kappa shape index (κ3) is 1.61. The summed E-state index contributed by atoms with van der Waals surface area (Å²) in [5, 5.41) is 3.59. The quantitative estimate of drug-likeness (QED) is 0.786. The van der Waals surface area contributed by atoms with Gasteiger partial charge in [-0.15, -0.1) is 11.8 Å². The van der Waals surface area contributed by atoms with Crippen LogP contribution < -0.4 is 5.32 Å². The van der Waals surface area contributed by atoms with Crippen molar-refractivity contribution in [2.24, 2.45) is 4.99 Å². The van der Waals surface area contributed by atoms with Crippen molar-refractivity contribution in [3.63, 3.8) is 0 Å². The van der Waals surface area contributed by atoms with E-state index < -0.39 is 0 Å². The molecule has 19 heavy (non-hydrogen) atoms. The Morgan fingerprint density at radius 1 is 1.37 bits per heavy atom. The number of para-hydroxylation sites is 1. The van der Waals surface area contributed by atoms with Crippen LogP contribution in [0, 0.1) is 0 Å². The number of amides is 1. The second kappa shape index (κ2) is 4.13. The average molecular weight is 271 g/mol. The predicted octanol–water partition coefficient (Wildman–Crippen LogP) is 2.16. The van der Waals surface area contributed by atoms with E-state index in [2.05, 4.69) is 22.4 Å². The fourth-order valence-corrected chi connectivity index (χ4v) is 4.02. The van der Waals surface area contributed by atoms with E-state index in [0.717, 1.165) is 29.9 Å². The second-order valence-electron chi connectivity index (χ2n) is 4.81. The maximum Gasteiger partial charge on any atom is 0.239 e. The molecule has 3 aliphatic heterocycles. The van der Waals surface area contributed by atoms with Crippen LogP contribution in [-0.4, -0.2) is 34.8 Å². The number of rotatable bonds is 0. The van der Waals surface area contributed by atoms with E-state index in [9.17, 15) is 4.79 Å². The Morgan fingerprint density at radius 3 is 3.21 bits per heavy atom. The Labute approximate surface area is 115 Å². The van der Waals surface area contributed by atoms with E-state index in [0.29, 0.717) is 5.75 Å². The molecule has 1 saturated heterocycles. The molecule has 0 spiro atoms. The van der Waals surface area contributed by atoms with Crippen LogP contribution >= 0.6 is 11.8 Å². The van der Waals surface area contributed by atoms with Crippen molar-refractivity contribution in [2.45, 2.75) is 11.8 Å². The van der Waals surface area contributed by atoms with Gasteiger partial charge in [0.15, 0.2) is 0 Å². The van der Waals surface area contributed by atoms with Gasteiger partial charge < -0.3 is 5.32 Å². The van der Waals surface area contributed by atoms with Gasteiger partial charge in [0.2, 0.25) is 5.91 Å². The molecule has 96 valence electrons. The molecule has 5 heteroatoms. The highest BCUT2D eigenvalue weighted by molar-refractivity contribution is 8.01. The van der Waals surface area contributed by atoms with E-state index in [1.165, 1.54) is 5.57 Å². The first-order valence-corrected chi connectivity index (χ1v) is 7.43. The van der Waals surface area contributed by atoms with Crippen LogP contribution in [0.25, 0.3) is 5.70 Å². The first kappa shape index (κ1) is 11.1. The van der Waals surface area contributed by atoms with Crippen molar-refractivity contribution in [2.75, 3.05) is 17.6 Å². The van der Waals surface area contributed by atoms with Crippen molar-refractivity contribution in [3.8, 4) is 0 Å². The number of hydrogen-bond donors (Lipinski definition) is 1. The van der Waals surface area contributed by atoms with Gasteiger partial charge in [-0.3, -0.25) is 9.69 Å². The maximum absolute atomic E-state index is 11.8. The van der Waals surface area contributed by atoms with Crippen molar-refractivity contribution < 1.29 is 4.79 Å². The lowest BCUT2D eigenvalue weighted by Crippen LogP contribution is -2.35. The zero-order valence-electron chi connectivity index (χ0n) is 10.3. The van der Waals surface area contributed by atoms with Gasteiger partial charge in [0, 0.05) is 17.8 Å². The Kier molecular flexibility index (Phi) is 2.41. The molecule has 1 aromatic carbocycles. The molecule has 3 heterocycles. The molecule has 1 atom stereocenters. The van der Waals surface area contributed by atoms with Crippen molar-refractivity contribution in [1.82, 2.24) is 4.90 Å². The number of benzene rings is 1. The van der Waals surface area contributed by atoms with Crippen LogP contribution in [0.5, 0.6) is 0 Å². The van der Waals surface area contributed by atoms with Gasteiger partial charge in [-0.25, -0.2) is 4.99 Å². The van der Waals surface area contributed by atoms with Gasteiger partial charge in [0.1, 0.15) is 5.37 Å². The van der Waals surface area contributed by atoms with E-state index in [1.54, 1.807) is 23.0 Å². The molecular weight excluding hydrogens is 258 g/mol. The smallest absolute Gasteiger partial charge is 0.239 e. The number of thioether (sulfide) groups is 1. The number of fused-ring (bicyclic) bond motifs is 4. The lowest BCUT2D eigenvalue weighted by molar-refractivity contribution is -0.123. The van der Waals surface area contributed by atoms with Crippen LogP contribution in [0.4, 0.5) is 5.69 Å². The number of carbonyl (C=O) groups excluding carboxylic acids is 1. The summed E-state index contributed by atoms with van der Waals surface area (Å²) in [6, 6.07) is 8.24. The number of carbonyl (C=O) groups is 1. The lowest BCUT2D eigenvalue weighted by Gasteiger charge is -2.27. The van der Waals surface area contributed by atoms with E-state index in [-0.39, 0.29) is 11.3 Å². The summed E-state index contributed by atoms with van der Waals surface area (Å²) in [6.45, 7) is 0.893. The normalized spacial score (nSPS) is 24.5. The van der Waals surface area contributed by atoms with E-state index in [4.69, 9.17) is 0 Å². The Bertz CT molecular complexity index is 623. The fourth-order valence-electron chi connectivity index (χ4n) is 2.81. The molecule has 4 nitrogen and oxygen atoms in total. The summed E-state index contributed by atoms with van der Waals surface area (Å²) < 4.78 is 0. The first-order chi connectivity index (χ1) is 9.34. The summed E-state index contributed by atoms with van der Waals surface area (Å²) in [4.78, 5) is 18.1. The molecule has 1 amide bonds. The van der Waals surface area contributed by atoms with Gasteiger partial charge in [0.05, 0.1) is 17.8 Å². The summed E-state index contributed by atoms with van der Waals surface area (Å²) >= 11 is 1.70. The van der Waals surface area contributed by atoms with Gasteiger partial charge in [-0.05, 0) is 18.1 Å². The van der Waals surface area contributed by atoms with E-state index >= 15 is 0 Å². The van der Waals surface area contributed by atoms with Crippen molar-refractivity contribution in [3.05, 3.63) is 35.4 Å². The standard InChI is InChI=1S/C14H13N3OS/c18-12-7-19-14-10-5-6-15-11-4-2-1-3-9(11)13(10)16-8-17(12)14/h1-4,8,14-15H,5-7H2. The van der Waals surface area contributed by atoms with Crippen LogP contribution in [-0.2, 0) is 4.79 Å². The maximum atomic E-state index is 11.8. The summed E-state index contributed by atoms with van der Waals surface area (Å²) in [5.41, 5.74) is 4.60. The third-order valence-corrected chi connectivity index (χ3v) is 4.95. The van der Waals surface area contributed by atoms with Crippen LogP contribution in [0.3, 0.4) is 0 Å². The Morgan fingerprint density at radius 2 is 2.26 bits per heavy atom. The average Bonchev–Trinajstić information content (AvgIpc) is 2.71. The highest BCUT2D eigenvalue weighted by Crippen LogP contribution is 2.41. The molecule has 1 fully saturated rings. The predicted molar refractivity (Wildman–Crippen MR) is 78.1 cm³/mol. The summed E-state index contributed by atoms with van der Waals surface area (Å²) in [5.74, 6) is 0.721. The summed E-state index contributed by atoms with van der Waals surface area (Å²) in [7, 11) is 0. The molecule has 0 aliphatic carbocycles. The van der Waals surface area contributed by atoms with Crippen LogP contribution in [0.15, 0.2) is 34.8 Å². The molecule has 0 radical (unpaired) electrons. The monoisotopic (exact) mass is 271 g/mol. The molecule has 0 saturated carbocycles. The molecule has 1 N–H and O–H groups in total. The summed E-state index contributed by atoms with van der Waals surface area (Å²) in [6.07, 6.45) is 2.64. The molecule has 4 rings (SSSR count). The minimum absolute atomic E-state index is 0.146. The topological polar surface area (TPSA) is 44.7 Å². The number of nitrogens with zero attached hydrogens (tertiary/aromatic N) is 2. The molecule has 0 bridgehead atoms. The van der Waals surface area contributed by atoms with Crippen molar-refractivity contribution >= 4 is 35.4 Å². The van der Waals surface area contributed by atoms with Gasteiger partial charge in [0.25, 0.3) is 0 Å². The Balaban J connectivity index is 1.87. The van der Waals surface area contributed by atoms with Gasteiger partial charge in [-0.2, -0.15) is 0 Å². The highest BCUT2D eigenvalue weighted by Gasteiger charge is 2.37. The minimum atomic E-state index is 0.146. The van der Waals surface area contributed by atoms with Crippen LogP contribution in [0.1, 0.15) is 12.0 Å². The third-order valence-electron chi connectivity index (χ3n) is 3.71. The molecule has 0 aromatic heterocycles. The minimum Gasteiger partial charge on any atom is -0.384 e. The fraction of sp³-hybridized carbons (Fsp3) is 0.286. The zero-order valence-corrected chi connectivity index (χ0v) is 11.1. The van der Waals surface area contributed by atoms with Crippen LogP contribution in [0.2, 0.25) is 0 Å². The highest BCUT2D eigenvalue weighted by atomic mass is 32.2. The zero-order chi connectivity index (χ0) is 12.8. The number of aliphatic imine (C=N–C) groups is 1. The largest absolute Gasteiger partial charge is 0.384 e. The molecule has 1 unspecified atom stereocenters. The SMILES string of the molecule is O=C1CSC2C3=C(N=CN12)c1ccccc1NCC3. The lowest BCUT2D eigenvalue weighted by atomic mass is 10.0. The number of nitrogens with one attached hydrogen (secondary N) is 1. The van der Waals surface area contributed by atoms with Gasteiger partial charge >= 0.3 is 0 Å². The van der Waals surface area contributed by atoms with E-state index in [1.807, 2.05) is 12.1 Å². The van der Waals surface area contributed by atoms with Gasteiger partial charge in [-0.1, -0.05) is 18.2 Å². The number of anilines is 1.